The van der Waals surface area contributed by atoms with Crippen LogP contribution >= 0.6 is 23.2 Å². The Kier molecular flexibility index (Phi) is 27.4. The molecule has 0 spiro atoms. The molecule has 20 heteroatoms. The molecule has 14 N–H and O–H groups in total. The van der Waals surface area contributed by atoms with E-state index in [2.05, 4.69) is 294 Å². The third-order valence-electron chi connectivity index (χ3n) is 18.6. The fraction of sp³-hybridized carbons (Fsp3) is 0.420. The number of aromatic nitrogens is 12. The van der Waals surface area contributed by atoms with Gasteiger partial charge in [-0.25, -0.2) is 24.9 Å². The second kappa shape index (κ2) is 33.9. The molecule has 0 saturated carbocycles. The van der Waals surface area contributed by atoms with Crippen molar-refractivity contribution >= 4 is 112 Å². The summed E-state index contributed by atoms with van der Waals surface area (Å²) in [7, 11) is 6.16. The highest BCUT2D eigenvalue weighted by molar-refractivity contribution is 6.35. The molecule has 0 atom stereocenters. The Morgan fingerprint density at radius 1 is 0.370 bits per heavy atom. The summed E-state index contributed by atoms with van der Waals surface area (Å²) >= 11 is 12.2. The van der Waals surface area contributed by atoms with Crippen LogP contribution in [0.4, 0.5) is 34.8 Å². The van der Waals surface area contributed by atoms with Crippen LogP contribution in [0.2, 0.25) is 10.0 Å². The van der Waals surface area contributed by atoms with E-state index >= 15 is 0 Å². The van der Waals surface area contributed by atoms with Crippen LogP contribution in [0.3, 0.4) is 0 Å². The minimum atomic E-state index is 0.113. The van der Waals surface area contributed by atoms with Gasteiger partial charge >= 0.3 is 0 Å². The predicted octanol–water partition coefficient (Wildman–Crippen LogP) is 21.5. The van der Waals surface area contributed by atoms with Crippen LogP contribution in [0.25, 0.3) is 54.5 Å². The lowest BCUT2D eigenvalue weighted by molar-refractivity contribution is 0.547. The van der Waals surface area contributed by atoms with Crippen LogP contribution in [0.15, 0.2) is 141 Å². The summed E-state index contributed by atoms with van der Waals surface area (Å²) in [6.45, 7) is 56.4. The van der Waals surface area contributed by atoms with Crippen molar-refractivity contribution in [1.29, 1.82) is 0 Å². The zero-order chi connectivity index (χ0) is 81.5. The van der Waals surface area contributed by atoms with Gasteiger partial charge in [-0.1, -0.05) is 214 Å². The maximum absolute atomic E-state index is 6.14. The number of hydrogen-bond acceptors (Lipinski definition) is 13. The maximum Gasteiger partial charge on any atom is 0.132 e. The molecule has 0 radical (unpaired) electrons. The predicted molar refractivity (Wildman–Crippen MR) is 465 cm³/mol. The highest BCUT2D eigenvalue weighted by Gasteiger charge is 2.24. The van der Waals surface area contributed by atoms with Gasteiger partial charge < -0.3 is 58.1 Å². The summed E-state index contributed by atoms with van der Waals surface area (Å²) in [5, 5.41) is 6.77. The Morgan fingerprint density at radius 3 is 1.38 bits per heavy atom. The SMILES string of the molecule is CC(C)(C)c1cc2c(N)nccc2[nH]1.CC(C)(C)c1cc2cncc(Cl)c2[nH]1.CC(C)(C)c1ccc(N)nc1.Cc1cc(C(C)(C)C)cnc1N.Cc1cc(N)ncc1C(C)(C)C.Cn1c(C(C)(C)C)cc2c(N)nccc21.Cn1c(C(C)(C)C)cc2cncc(Cl)c21.Cn1cc(N)c2ccc(C(C)(C)C)cc21. The van der Waals surface area contributed by atoms with Crippen molar-refractivity contribution in [3.63, 3.8) is 0 Å². The lowest BCUT2D eigenvalue weighted by Gasteiger charge is -2.20. The second-order valence-corrected chi connectivity index (χ2v) is 37.0. The van der Waals surface area contributed by atoms with E-state index in [-0.39, 0.29) is 43.3 Å². The van der Waals surface area contributed by atoms with E-state index in [1.54, 1.807) is 24.8 Å². The third-order valence-corrected chi connectivity index (χ3v) is 19.1. The summed E-state index contributed by atoms with van der Waals surface area (Å²) in [5.74, 6) is 3.01. The quantitative estimate of drug-likeness (QED) is 0.0702. The lowest BCUT2D eigenvalue weighted by atomic mass is 9.85. The number of fused-ring (bicyclic) bond motifs is 5. The van der Waals surface area contributed by atoms with Crippen LogP contribution in [-0.4, -0.2) is 58.6 Å². The van der Waals surface area contributed by atoms with Gasteiger partial charge in [0, 0.05) is 154 Å². The van der Waals surface area contributed by atoms with Crippen LogP contribution < -0.4 is 34.4 Å². The zero-order valence-electron chi connectivity index (χ0n) is 70.0. The van der Waals surface area contributed by atoms with E-state index in [4.69, 9.17) is 57.6 Å². The molecule has 12 heterocycles. The molecule has 0 bridgehead atoms. The molecular weight excluding hydrogens is 1380 g/mol. The normalized spacial score (nSPS) is 12.1. The Balaban J connectivity index is 0.000000194. The van der Waals surface area contributed by atoms with Crippen LogP contribution in [0, 0.1) is 13.8 Å². The Bertz CT molecular complexity index is 5060. The number of anilines is 6. The first-order chi connectivity index (χ1) is 49.5. The van der Waals surface area contributed by atoms with Gasteiger partial charge in [-0.05, 0) is 123 Å². The molecule has 0 saturated heterocycles. The number of rotatable bonds is 0. The Morgan fingerprint density at radius 2 is 0.889 bits per heavy atom. The molecule has 0 aliphatic heterocycles. The van der Waals surface area contributed by atoms with Crippen molar-refractivity contribution in [1.82, 2.24) is 58.6 Å². The molecule has 0 fully saturated rings. The molecule has 0 aliphatic carbocycles. The maximum atomic E-state index is 6.14. The fourth-order valence-electron chi connectivity index (χ4n) is 12.0. The van der Waals surface area contributed by atoms with E-state index in [1.807, 2.05) is 81.5 Å². The number of benzene rings is 1. The van der Waals surface area contributed by atoms with Gasteiger partial charge in [0.1, 0.15) is 29.1 Å². The monoisotopic (exact) mass is 1500 g/mol. The molecule has 0 aliphatic rings. The van der Waals surface area contributed by atoms with Crippen molar-refractivity contribution in [2.45, 2.75) is 223 Å². The average Bonchev–Trinajstić information content (AvgIpc) is 1.62. The molecule has 108 heavy (non-hydrogen) atoms. The number of aromatic amines is 2. The molecule has 0 amide bonds. The van der Waals surface area contributed by atoms with Crippen LogP contribution in [-0.2, 0) is 64.5 Å². The van der Waals surface area contributed by atoms with E-state index in [0.717, 1.165) is 60.2 Å². The number of nitrogens with one attached hydrogen (secondary N) is 2. The summed E-state index contributed by atoms with van der Waals surface area (Å²) in [6, 6.07) is 26.8. The largest absolute Gasteiger partial charge is 0.397 e. The van der Waals surface area contributed by atoms with Gasteiger partial charge in [0.15, 0.2) is 0 Å². The van der Waals surface area contributed by atoms with Gasteiger partial charge in [0.05, 0.1) is 43.3 Å². The Labute approximate surface area is 653 Å². The van der Waals surface area contributed by atoms with Crippen molar-refractivity contribution in [2.75, 3.05) is 34.4 Å². The third kappa shape index (κ3) is 23.0. The number of pyridine rings is 7. The average molecular weight is 1500 g/mol. The molecule has 18 nitrogen and oxygen atoms in total. The van der Waals surface area contributed by atoms with Gasteiger partial charge in [-0.3, -0.25) is 9.97 Å². The smallest absolute Gasteiger partial charge is 0.132 e. The summed E-state index contributed by atoms with van der Waals surface area (Å²) < 4.78 is 6.42. The van der Waals surface area contributed by atoms with Gasteiger partial charge in [0.2, 0.25) is 0 Å². The van der Waals surface area contributed by atoms with Gasteiger partial charge in [-0.2, -0.15) is 0 Å². The van der Waals surface area contributed by atoms with Crippen molar-refractivity contribution in [3.8, 4) is 0 Å². The van der Waals surface area contributed by atoms with Crippen molar-refractivity contribution < 1.29 is 0 Å². The number of halogens is 2. The highest BCUT2D eigenvalue weighted by Crippen LogP contribution is 2.36. The molecule has 1 aromatic carbocycles. The molecule has 13 aromatic rings. The number of nitrogens with two attached hydrogens (primary N) is 6. The number of nitrogen functional groups attached to an aromatic ring is 6. The first-order valence-electron chi connectivity index (χ1n) is 36.7. The van der Waals surface area contributed by atoms with E-state index in [0.29, 0.717) is 39.1 Å². The minimum absolute atomic E-state index is 0.113. The molecule has 12 aromatic heterocycles. The van der Waals surface area contributed by atoms with E-state index in [9.17, 15) is 0 Å². The van der Waals surface area contributed by atoms with Crippen LogP contribution in [0.5, 0.6) is 0 Å². The van der Waals surface area contributed by atoms with E-state index < -0.39 is 0 Å². The zero-order valence-corrected chi connectivity index (χ0v) is 71.5. The number of aryl methyl sites for hydroxylation is 5. The first kappa shape index (κ1) is 87.3. The second-order valence-electron chi connectivity index (χ2n) is 36.2. The van der Waals surface area contributed by atoms with Gasteiger partial charge in [0.25, 0.3) is 0 Å². The molecular formula is C88H124Cl2N18. The number of nitrogens with zero attached hydrogens (tertiary/aromatic N) is 10. The molecule has 580 valence electrons. The first-order valence-corrected chi connectivity index (χ1v) is 37.4. The topological polar surface area (TPSA) is 293 Å². The summed E-state index contributed by atoms with van der Waals surface area (Å²) in [6.07, 6.45) is 18.0. The number of hydrogen-bond donors (Lipinski definition) is 8. The standard InChI is InChI=1S/C13H18N2.C12H15ClN2.C12H17N3.C11H13ClN2.C11H15N3.2C10H16N2.C9H14N2/c1-13(2,3)9-5-6-10-11(14)8-15(4)12(10)7-9;1-12(2,3)10-5-8-6-14-7-9(13)11(8)15(10)4;1-12(2,3)10-7-8-9(15(10)4)5-6-14-11(8)13;1-11(2,3)9-4-7-5-13-6-8(12)10(7)14-9;1-11(2,3)9-6-7-8(14-9)4-5-13-10(7)12;1-7-5-9(11)12-6-8(7)10(2,3)4;1-7-5-8(10(2,3)4)6-12-9(7)11;1-9(2,3)7-4-5-8(10)11-6-7/h5-8H,14H2,1-4H3;5-7H,1-4H3;5-7H,1-4H3,(H2,13,14);4-6,14H,1-3H3;4-6,14H,1-3H3,(H2,12,13);2*5-6H,1-4H3,(H2,11,12);4-6H,1-3H3,(H2,10,11). The van der Waals surface area contributed by atoms with Gasteiger partial charge in [-0.15, -0.1) is 0 Å². The minimum Gasteiger partial charge on any atom is -0.397 e. The number of H-pyrrole nitrogens is 2. The molecule has 13 rings (SSSR count). The highest BCUT2D eigenvalue weighted by atomic mass is 35.5. The Hall–Kier alpha value is -9.65. The lowest BCUT2D eigenvalue weighted by Crippen LogP contribution is -2.15. The van der Waals surface area contributed by atoms with Crippen LogP contribution in [0.1, 0.15) is 222 Å². The van der Waals surface area contributed by atoms with Crippen molar-refractivity contribution in [3.05, 3.63) is 207 Å². The molecule has 0 unspecified atom stereocenters. The summed E-state index contributed by atoms with van der Waals surface area (Å²) in [4.78, 5) is 35.2. The van der Waals surface area contributed by atoms with Crippen molar-refractivity contribution in [2.24, 2.45) is 21.1 Å². The van der Waals surface area contributed by atoms with E-state index in [1.165, 1.54) is 56.1 Å². The fourth-order valence-corrected chi connectivity index (χ4v) is 12.5. The summed E-state index contributed by atoms with van der Waals surface area (Å²) in [5.41, 5.74) is 53.9.